The normalized spacial score (nSPS) is 16.6. The van der Waals surface area contributed by atoms with Crippen molar-refractivity contribution in [3.05, 3.63) is 41.0 Å². The topological polar surface area (TPSA) is 83.6 Å². The number of imidazole rings is 1. The monoisotopic (exact) mass is 493 g/mol. The lowest BCUT2D eigenvalue weighted by atomic mass is 9.98. The average molecular weight is 494 g/mol. The molecule has 2 aliphatic heterocycles. The minimum absolute atomic E-state index is 0.0106. The van der Waals surface area contributed by atoms with Crippen molar-refractivity contribution in [1.82, 2.24) is 24.2 Å². The highest BCUT2D eigenvalue weighted by Gasteiger charge is 2.38. The predicted molar refractivity (Wildman–Crippen MR) is 136 cm³/mol. The molecule has 0 aliphatic carbocycles. The molecule has 1 saturated heterocycles. The molecule has 5 rings (SSSR count). The van der Waals surface area contributed by atoms with Crippen LogP contribution < -0.4 is 9.47 Å². The molecule has 192 valence electrons. The predicted octanol–water partition coefficient (Wildman–Crippen LogP) is 3.73. The molecule has 36 heavy (non-hydrogen) atoms. The number of aryl methyl sites for hydroxylation is 2. The van der Waals surface area contributed by atoms with Gasteiger partial charge in [0.2, 0.25) is 0 Å². The Kier molecular flexibility index (Phi) is 6.06. The van der Waals surface area contributed by atoms with Gasteiger partial charge in [-0.2, -0.15) is 5.10 Å². The van der Waals surface area contributed by atoms with E-state index in [2.05, 4.69) is 9.67 Å². The van der Waals surface area contributed by atoms with Crippen molar-refractivity contribution in [1.29, 1.82) is 0 Å². The van der Waals surface area contributed by atoms with Gasteiger partial charge in [-0.05, 0) is 59.1 Å². The van der Waals surface area contributed by atoms with Crippen molar-refractivity contribution >= 4 is 5.91 Å². The molecule has 2 aliphatic rings. The Hall–Kier alpha value is -3.33. The van der Waals surface area contributed by atoms with Gasteiger partial charge in [0.05, 0.1) is 55.1 Å². The maximum absolute atomic E-state index is 14.0. The summed E-state index contributed by atoms with van der Waals surface area (Å²) in [6.45, 7) is 11.6. The van der Waals surface area contributed by atoms with E-state index in [4.69, 9.17) is 19.2 Å². The van der Waals surface area contributed by atoms with Gasteiger partial charge in [-0.3, -0.25) is 14.0 Å². The Bertz CT molecular complexity index is 1320. The fraction of sp³-hybridized carbons (Fsp3) is 0.519. The van der Waals surface area contributed by atoms with E-state index in [1.165, 1.54) is 0 Å². The number of carbonyl (C=O) groups is 1. The fourth-order valence-electron chi connectivity index (χ4n) is 5.13. The molecular weight excluding hydrogens is 458 g/mol. The van der Waals surface area contributed by atoms with Gasteiger partial charge in [-0.15, -0.1) is 0 Å². The molecule has 0 bridgehead atoms. The Morgan fingerprint density at radius 1 is 1.19 bits per heavy atom. The van der Waals surface area contributed by atoms with Crippen molar-refractivity contribution in [2.45, 2.75) is 59.1 Å². The Morgan fingerprint density at radius 3 is 2.61 bits per heavy atom. The molecule has 0 atom stereocenters. The van der Waals surface area contributed by atoms with E-state index < -0.39 is 5.54 Å². The second kappa shape index (κ2) is 8.96. The maximum Gasteiger partial charge on any atom is 0.274 e. The van der Waals surface area contributed by atoms with Crippen LogP contribution in [0.15, 0.2) is 18.3 Å². The molecular formula is C27H35N5O4. The number of hydrogen-bond acceptors (Lipinski definition) is 6. The van der Waals surface area contributed by atoms with E-state index in [1.807, 2.05) is 69.6 Å². The lowest BCUT2D eigenvalue weighted by molar-refractivity contribution is -0.0373. The smallest absolute Gasteiger partial charge is 0.274 e. The highest BCUT2D eigenvalue weighted by molar-refractivity contribution is 5.95. The number of aromatic nitrogens is 4. The van der Waals surface area contributed by atoms with Crippen LogP contribution in [-0.4, -0.2) is 68.6 Å². The van der Waals surface area contributed by atoms with Crippen LogP contribution in [0, 0.1) is 6.92 Å². The van der Waals surface area contributed by atoms with Gasteiger partial charge in [-0.1, -0.05) is 0 Å². The third-order valence-corrected chi connectivity index (χ3v) is 7.14. The summed E-state index contributed by atoms with van der Waals surface area (Å²) < 4.78 is 21.4. The minimum Gasteiger partial charge on any atom is -0.493 e. The molecule has 9 heteroatoms. The largest absolute Gasteiger partial charge is 0.493 e. The summed E-state index contributed by atoms with van der Waals surface area (Å²) in [6.07, 6.45) is 3.28. The van der Waals surface area contributed by atoms with Gasteiger partial charge < -0.3 is 19.1 Å². The summed E-state index contributed by atoms with van der Waals surface area (Å²) in [7, 11) is 3.57. The van der Waals surface area contributed by atoms with Crippen LogP contribution in [0.3, 0.4) is 0 Å². The lowest BCUT2D eigenvalue weighted by Gasteiger charge is -2.41. The van der Waals surface area contributed by atoms with Gasteiger partial charge in [0.25, 0.3) is 5.91 Å². The van der Waals surface area contributed by atoms with Crippen LogP contribution in [0.5, 0.6) is 11.5 Å². The van der Waals surface area contributed by atoms with E-state index in [0.717, 1.165) is 34.6 Å². The van der Waals surface area contributed by atoms with E-state index in [0.29, 0.717) is 49.2 Å². The molecule has 2 aromatic heterocycles. The fourth-order valence-corrected chi connectivity index (χ4v) is 5.13. The van der Waals surface area contributed by atoms with Crippen molar-refractivity contribution in [2.75, 3.05) is 26.9 Å². The molecule has 0 radical (unpaired) electrons. The number of carbonyl (C=O) groups excluding carboxylic acids is 1. The van der Waals surface area contributed by atoms with Gasteiger partial charge in [-0.25, -0.2) is 4.98 Å². The molecule has 1 fully saturated rings. The number of rotatable bonds is 5. The van der Waals surface area contributed by atoms with Crippen molar-refractivity contribution in [3.63, 3.8) is 0 Å². The lowest BCUT2D eigenvalue weighted by Crippen LogP contribution is -2.55. The Labute approximate surface area is 212 Å². The number of ether oxygens (including phenoxy) is 3. The summed E-state index contributed by atoms with van der Waals surface area (Å²) in [5, 5.41) is 4.46. The van der Waals surface area contributed by atoms with Gasteiger partial charge >= 0.3 is 0 Å². The molecule has 3 aromatic rings. The van der Waals surface area contributed by atoms with Crippen LogP contribution in [0.25, 0.3) is 17.1 Å². The van der Waals surface area contributed by atoms with E-state index in [1.54, 1.807) is 7.11 Å². The second-order valence-corrected chi connectivity index (χ2v) is 10.5. The van der Waals surface area contributed by atoms with Crippen molar-refractivity contribution in [2.24, 2.45) is 7.05 Å². The first-order valence-corrected chi connectivity index (χ1v) is 12.5. The molecule has 0 saturated carbocycles. The van der Waals surface area contributed by atoms with Crippen LogP contribution in [0.1, 0.15) is 55.1 Å². The summed E-state index contributed by atoms with van der Waals surface area (Å²) in [6, 6.07) is 4.06. The molecule has 0 N–H and O–H groups in total. The van der Waals surface area contributed by atoms with E-state index in [9.17, 15) is 4.79 Å². The number of methoxy groups -OCH3 is 1. The van der Waals surface area contributed by atoms with Crippen molar-refractivity contribution < 1.29 is 19.0 Å². The second-order valence-electron chi connectivity index (χ2n) is 10.5. The van der Waals surface area contributed by atoms with E-state index >= 15 is 0 Å². The molecule has 9 nitrogen and oxygen atoms in total. The standard InChI is InChI=1S/C27H35N5O4/c1-16(2)36-23-13-21-18(12-22(23)34-7)8-9-20-24(26(33)31-10-11-35-15-27(31,4)5)29-25(32(20)21)19-14-28-30(6)17(19)3/h12-14,16H,8-11,15H2,1-7H3. The zero-order valence-corrected chi connectivity index (χ0v) is 22.2. The number of benzene rings is 1. The third-order valence-electron chi connectivity index (χ3n) is 7.14. The van der Waals surface area contributed by atoms with Crippen molar-refractivity contribution in [3.8, 4) is 28.6 Å². The molecule has 1 amide bonds. The van der Waals surface area contributed by atoms with Crippen LogP contribution in [0.4, 0.5) is 0 Å². The first kappa shape index (κ1) is 24.4. The summed E-state index contributed by atoms with van der Waals surface area (Å²) in [5.41, 5.74) is 4.96. The number of fused-ring (bicyclic) bond motifs is 3. The minimum atomic E-state index is -0.408. The zero-order chi connectivity index (χ0) is 25.8. The SMILES string of the molecule is COc1cc2c(cc1OC(C)C)-n1c(-c3cnn(C)c3C)nc(C(=O)N3CCOCC3(C)C)c1CC2. The molecule has 0 unspecified atom stereocenters. The quantitative estimate of drug-likeness (QED) is 0.539. The summed E-state index contributed by atoms with van der Waals surface area (Å²) in [5.74, 6) is 2.03. The molecule has 4 heterocycles. The van der Waals surface area contributed by atoms with E-state index in [-0.39, 0.29) is 12.0 Å². The first-order chi connectivity index (χ1) is 17.1. The van der Waals surface area contributed by atoms with Gasteiger partial charge in [0, 0.05) is 25.4 Å². The van der Waals surface area contributed by atoms with Crippen LogP contribution in [0.2, 0.25) is 0 Å². The average Bonchev–Trinajstić information content (AvgIpc) is 3.37. The van der Waals surface area contributed by atoms with Crippen LogP contribution in [-0.2, 0) is 24.6 Å². The molecule has 1 aromatic carbocycles. The zero-order valence-electron chi connectivity index (χ0n) is 22.2. The highest BCUT2D eigenvalue weighted by atomic mass is 16.5. The summed E-state index contributed by atoms with van der Waals surface area (Å²) in [4.78, 5) is 20.9. The number of amides is 1. The number of morpholine rings is 1. The van der Waals surface area contributed by atoms with Crippen LogP contribution >= 0.6 is 0 Å². The van der Waals surface area contributed by atoms with Gasteiger partial charge in [0.1, 0.15) is 5.82 Å². The maximum atomic E-state index is 14.0. The molecule has 0 spiro atoms. The summed E-state index contributed by atoms with van der Waals surface area (Å²) >= 11 is 0. The first-order valence-electron chi connectivity index (χ1n) is 12.5. The number of nitrogens with zero attached hydrogens (tertiary/aromatic N) is 5. The van der Waals surface area contributed by atoms with Gasteiger partial charge in [0.15, 0.2) is 17.2 Å². The Morgan fingerprint density at radius 2 is 1.97 bits per heavy atom. The Balaban J connectivity index is 1.73. The highest BCUT2D eigenvalue weighted by Crippen LogP contribution is 2.40. The third kappa shape index (κ3) is 3.95. The number of hydrogen-bond donors (Lipinski definition) is 0.